The van der Waals surface area contributed by atoms with E-state index in [0.29, 0.717) is 12.6 Å². The highest BCUT2D eigenvalue weighted by atomic mass is 16.5. The number of methoxy groups -OCH3 is 1. The van der Waals surface area contributed by atoms with Gasteiger partial charge in [0.2, 0.25) is 5.91 Å². The molecule has 1 N–H and O–H groups in total. The van der Waals surface area contributed by atoms with Gasteiger partial charge >= 0.3 is 5.97 Å². The van der Waals surface area contributed by atoms with Gasteiger partial charge in [-0.25, -0.2) is 4.79 Å². The molecule has 1 aliphatic carbocycles. The lowest BCUT2D eigenvalue weighted by atomic mass is 10.1. The van der Waals surface area contributed by atoms with Gasteiger partial charge in [-0.05, 0) is 25.3 Å². The van der Waals surface area contributed by atoms with E-state index in [1.807, 2.05) is 42.2 Å². The average Bonchev–Trinajstić information content (AvgIpc) is 3.33. The Hall–Kier alpha value is -1.88. The van der Waals surface area contributed by atoms with E-state index in [0.717, 1.165) is 18.4 Å². The van der Waals surface area contributed by atoms with Crippen molar-refractivity contribution in [1.82, 2.24) is 10.2 Å². The van der Waals surface area contributed by atoms with Crippen LogP contribution in [0.1, 0.15) is 31.4 Å². The molecule has 5 heteroatoms. The maximum Gasteiger partial charge on any atom is 0.327 e. The smallest absolute Gasteiger partial charge is 0.327 e. The molecule has 21 heavy (non-hydrogen) atoms. The van der Waals surface area contributed by atoms with Gasteiger partial charge < -0.3 is 9.64 Å². The number of ether oxygens (including phenoxy) is 1. The molecular formula is C16H22N2O3. The normalized spacial score (nSPS) is 15.3. The highest BCUT2D eigenvalue weighted by molar-refractivity contribution is 5.81. The lowest BCUT2D eigenvalue weighted by molar-refractivity contribution is -0.143. The highest BCUT2D eigenvalue weighted by Gasteiger charge is 2.31. The van der Waals surface area contributed by atoms with Crippen LogP contribution in [0.4, 0.5) is 0 Å². The summed E-state index contributed by atoms with van der Waals surface area (Å²) >= 11 is 0. The van der Waals surface area contributed by atoms with Gasteiger partial charge in [-0.3, -0.25) is 10.1 Å². The third kappa shape index (κ3) is 4.04. The van der Waals surface area contributed by atoms with Crippen LogP contribution in [0.2, 0.25) is 0 Å². The number of benzene rings is 1. The highest BCUT2D eigenvalue weighted by Crippen LogP contribution is 2.26. The summed E-state index contributed by atoms with van der Waals surface area (Å²) in [6.45, 7) is 2.82. The molecule has 0 spiro atoms. The molecule has 0 bridgehead atoms. The summed E-state index contributed by atoms with van der Waals surface area (Å²) in [5, 5.41) is 3.02. The molecule has 0 aliphatic heterocycles. The van der Waals surface area contributed by atoms with Crippen molar-refractivity contribution in [2.75, 3.05) is 20.2 Å². The van der Waals surface area contributed by atoms with Crippen molar-refractivity contribution in [2.45, 2.75) is 31.8 Å². The second-order valence-electron chi connectivity index (χ2n) is 5.16. The van der Waals surface area contributed by atoms with E-state index < -0.39 is 6.04 Å². The number of likely N-dealkylation sites (N-methyl/N-ethyl adjacent to an activating group) is 1. The summed E-state index contributed by atoms with van der Waals surface area (Å²) in [5.74, 6) is -0.353. The van der Waals surface area contributed by atoms with E-state index >= 15 is 0 Å². The van der Waals surface area contributed by atoms with E-state index in [1.165, 1.54) is 7.11 Å². The zero-order chi connectivity index (χ0) is 15.2. The maximum atomic E-state index is 12.2. The molecule has 2 rings (SSSR count). The lowest BCUT2D eigenvalue weighted by Crippen LogP contribution is -2.42. The second kappa shape index (κ2) is 7.22. The fourth-order valence-corrected chi connectivity index (χ4v) is 2.42. The first-order chi connectivity index (χ1) is 10.2. The number of hydrogen-bond donors (Lipinski definition) is 1. The third-order valence-corrected chi connectivity index (χ3v) is 3.68. The fraction of sp³-hybridized carbons (Fsp3) is 0.500. The number of esters is 1. The molecule has 1 aliphatic rings. The lowest BCUT2D eigenvalue weighted by Gasteiger charge is -2.22. The molecule has 1 fully saturated rings. The first-order valence-electron chi connectivity index (χ1n) is 7.33. The minimum Gasteiger partial charge on any atom is -0.468 e. The first kappa shape index (κ1) is 15.5. The van der Waals surface area contributed by atoms with E-state index in [4.69, 9.17) is 4.74 Å². The van der Waals surface area contributed by atoms with Crippen LogP contribution < -0.4 is 5.32 Å². The Kier molecular flexibility index (Phi) is 5.33. The van der Waals surface area contributed by atoms with Crippen LogP contribution in [0.3, 0.4) is 0 Å². The van der Waals surface area contributed by atoms with Gasteiger partial charge in [0.15, 0.2) is 0 Å². The fourth-order valence-electron chi connectivity index (χ4n) is 2.42. The summed E-state index contributed by atoms with van der Waals surface area (Å²) in [5.41, 5.74) is 0.798. The van der Waals surface area contributed by atoms with Crippen LogP contribution in [0.5, 0.6) is 0 Å². The van der Waals surface area contributed by atoms with Gasteiger partial charge in [0.05, 0.1) is 13.7 Å². The van der Waals surface area contributed by atoms with Gasteiger partial charge in [0.1, 0.15) is 6.04 Å². The number of rotatable bonds is 7. The monoisotopic (exact) mass is 290 g/mol. The first-order valence-corrected chi connectivity index (χ1v) is 7.33. The quantitative estimate of drug-likeness (QED) is 0.773. The SMILES string of the molecule is CCN(C(=O)CNC(C(=O)OC)c1ccccc1)C1CC1. The van der Waals surface area contributed by atoms with Crippen molar-refractivity contribution in [3.05, 3.63) is 35.9 Å². The van der Waals surface area contributed by atoms with Gasteiger partial charge in [-0.15, -0.1) is 0 Å². The van der Waals surface area contributed by atoms with E-state index in [1.54, 1.807) is 0 Å². The molecule has 114 valence electrons. The minimum atomic E-state index is -0.613. The predicted molar refractivity (Wildman–Crippen MR) is 79.6 cm³/mol. The molecular weight excluding hydrogens is 268 g/mol. The van der Waals surface area contributed by atoms with Crippen molar-refractivity contribution >= 4 is 11.9 Å². The molecule has 1 amide bonds. The Bertz CT molecular complexity index is 486. The van der Waals surface area contributed by atoms with Crippen LogP contribution in [0.25, 0.3) is 0 Å². The summed E-state index contributed by atoms with van der Waals surface area (Å²) in [6.07, 6.45) is 2.16. The largest absolute Gasteiger partial charge is 0.468 e. The number of amides is 1. The molecule has 1 atom stereocenters. The molecule has 5 nitrogen and oxygen atoms in total. The Morgan fingerprint density at radius 3 is 2.52 bits per heavy atom. The minimum absolute atomic E-state index is 0.0323. The number of carbonyl (C=O) groups is 2. The number of nitrogens with one attached hydrogen (secondary N) is 1. The maximum absolute atomic E-state index is 12.2. The Balaban J connectivity index is 1.99. The van der Waals surface area contributed by atoms with Crippen LogP contribution in [-0.4, -0.2) is 43.0 Å². The Morgan fingerprint density at radius 2 is 2.00 bits per heavy atom. The van der Waals surface area contributed by atoms with E-state index in [2.05, 4.69) is 5.32 Å². The van der Waals surface area contributed by atoms with Gasteiger partial charge in [-0.1, -0.05) is 30.3 Å². The van der Waals surface area contributed by atoms with Crippen LogP contribution >= 0.6 is 0 Å². The summed E-state index contributed by atoms with van der Waals surface area (Å²) < 4.78 is 4.82. The molecule has 1 saturated carbocycles. The van der Waals surface area contributed by atoms with Gasteiger partial charge in [0.25, 0.3) is 0 Å². The van der Waals surface area contributed by atoms with Crippen molar-refractivity contribution in [3.63, 3.8) is 0 Å². The molecule has 0 heterocycles. The zero-order valence-corrected chi connectivity index (χ0v) is 12.5. The Labute approximate surface area is 125 Å². The summed E-state index contributed by atoms with van der Waals surface area (Å²) in [6, 6.07) is 9.06. The average molecular weight is 290 g/mol. The number of hydrogen-bond acceptors (Lipinski definition) is 4. The van der Waals surface area contributed by atoms with Crippen LogP contribution in [0, 0.1) is 0 Å². The predicted octanol–water partition coefficient (Wildman–Crippen LogP) is 1.50. The van der Waals surface area contributed by atoms with Crippen LogP contribution in [-0.2, 0) is 14.3 Å². The standard InChI is InChI=1S/C16H22N2O3/c1-3-18(13-9-10-13)14(19)11-17-15(16(20)21-2)12-7-5-4-6-8-12/h4-8,13,15,17H,3,9-11H2,1-2H3. The molecule has 0 saturated heterocycles. The molecule has 1 aromatic rings. The van der Waals surface area contributed by atoms with E-state index in [9.17, 15) is 9.59 Å². The van der Waals surface area contributed by atoms with Gasteiger partial charge in [0, 0.05) is 12.6 Å². The summed E-state index contributed by atoms with van der Waals surface area (Å²) in [4.78, 5) is 26.0. The van der Waals surface area contributed by atoms with Crippen molar-refractivity contribution in [2.24, 2.45) is 0 Å². The Morgan fingerprint density at radius 1 is 1.33 bits per heavy atom. The van der Waals surface area contributed by atoms with Crippen LogP contribution in [0.15, 0.2) is 30.3 Å². The summed E-state index contributed by atoms with van der Waals surface area (Å²) in [7, 11) is 1.35. The zero-order valence-electron chi connectivity index (χ0n) is 12.5. The van der Waals surface area contributed by atoms with Crippen molar-refractivity contribution < 1.29 is 14.3 Å². The molecule has 1 unspecified atom stereocenters. The molecule has 0 aromatic heterocycles. The van der Waals surface area contributed by atoms with Gasteiger partial charge in [-0.2, -0.15) is 0 Å². The molecule has 0 radical (unpaired) electrons. The second-order valence-corrected chi connectivity index (χ2v) is 5.16. The topological polar surface area (TPSA) is 58.6 Å². The number of nitrogens with zero attached hydrogens (tertiary/aromatic N) is 1. The van der Waals surface area contributed by atoms with E-state index in [-0.39, 0.29) is 18.4 Å². The molecule has 1 aromatic carbocycles. The third-order valence-electron chi connectivity index (χ3n) is 3.68. The van der Waals surface area contributed by atoms with Crippen molar-refractivity contribution in [1.29, 1.82) is 0 Å². The van der Waals surface area contributed by atoms with Crippen molar-refractivity contribution in [3.8, 4) is 0 Å². The number of carbonyl (C=O) groups excluding carboxylic acids is 2.